The molecular weight excluding hydrogens is 320 g/mol. The molecule has 0 spiro atoms. The number of Topliss-reactive ketones (excluding diaryl/α,β-unsaturated/α-hetero) is 1. The van der Waals surface area contributed by atoms with Crippen molar-refractivity contribution in [2.24, 2.45) is 0 Å². The van der Waals surface area contributed by atoms with Crippen molar-refractivity contribution < 1.29 is 4.79 Å². The first kappa shape index (κ1) is 12.6. The Morgan fingerprint density at radius 3 is 2.42 bits per heavy atom. The Labute approximate surface area is 124 Å². The molecule has 0 aliphatic heterocycles. The normalized spacial score (nSPS) is 10.8. The lowest BCUT2D eigenvalue weighted by Crippen LogP contribution is -1.83. The van der Waals surface area contributed by atoms with E-state index < -0.39 is 0 Å². The van der Waals surface area contributed by atoms with Crippen molar-refractivity contribution >= 4 is 43.8 Å². The minimum Gasteiger partial charge on any atom is -0.294 e. The van der Waals surface area contributed by atoms with E-state index in [1.54, 1.807) is 18.3 Å². The number of carbonyl (C=O) groups excluding carboxylic acids is 1. The van der Waals surface area contributed by atoms with Gasteiger partial charge in [0.15, 0.2) is 5.78 Å². The second kappa shape index (κ2) is 4.91. The minimum absolute atomic E-state index is 0.123. The van der Waals surface area contributed by atoms with Gasteiger partial charge < -0.3 is 0 Å². The monoisotopic (exact) mass is 330 g/mol. The van der Waals surface area contributed by atoms with Crippen LogP contribution in [0.1, 0.15) is 16.6 Å². The highest BCUT2D eigenvalue weighted by Crippen LogP contribution is 2.36. The highest BCUT2D eigenvalue weighted by Gasteiger charge is 2.10. The summed E-state index contributed by atoms with van der Waals surface area (Å²) in [5, 5.41) is 2.40. The molecule has 3 aromatic rings. The Balaban J connectivity index is 2.24. The summed E-state index contributed by atoms with van der Waals surface area (Å²) in [7, 11) is 0. The summed E-state index contributed by atoms with van der Waals surface area (Å²) in [4.78, 5) is 13.4. The first-order valence-electron chi connectivity index (χ1n) is 5.95. The Hall–Kier alpha value is -1.45. The largest absolute Gasteiger partial charge is 0.294 e. The van der Waals surface area contributed by atoms with E-state index in [1.807, 2.05) is 24.3 Å². The zero-order chi connectivity index (χ0) is 13.4. The lowest BCUT2D eigenvalue weighted by molar-refractivity contribution is 0.102. The molecule has 3 rings (SSSR count). The Morgan fingerprint density at radius 1 is 1.00 bits per heavy atom. The van der Waals surface area contributed by atoms with E-state index >= 15 is 0 Å². The summed E-state index contributed by atoms with van der Waals surface area (Å²) in [6, 6.07) is 16.4. The summed E-state index contributed by atoms with van der Waals surface area (Å²) in [5.41, 5.74) is 1.18. The molecule has 1 nitrogen and oxygen atoms in total. The van der Waals surface area contributed by atoms with E-state index in [-0.39, 0.29) is 5.78 Å². The number of ketones is 1. The lowest BCUT2D eigenvalue weighted by Gasteiger charge is -2.06. The molecular formula is C16H11BrOS. The Morgan fingerprint density at radius 2 is 1.74 bits per heavy atom. The fourth-order valence-electron chi connectivity index (χ4n) is 2.15. The maximum Gasteiger partial charge on any atom is 0.169 e. The summed E-state index contributed by atoms with van der Waals surface area (Å²) in [5.74, 6) is 0.123. The van der Waals surface area contributed by atoms with Gasteiger partial charge in [-0.05, 0) is 41.5 Å². The van der Waals surface area contributed by atoms with Gasteiger partial charge >= 0.3 is 0 Å². The third-order valence-electron chi connectivity index (χ3n) is 3.09. The van der Waals surface area contributed by atoms with Crippen LogP contribution in [0.2, 0.25) is 0 Å². The van der Waals surface area contributed by atoms with Gasteiger partial charge in [-0.2, -0.15) is 0 Å². The molecule has 0 radical (unpaired) electrons. The van der Waals surface area contributed by atoms with Gasteiger partial charge in [-0.1, -0.05) is 46.3 Å². The average molecular weight is 331 g/mol. The van der Waals surface area contributed by atoms with Gasteiger partial charge in [-0.3, -0.25) is 4.79 Å². The number of rotatable bonds is 2. The molecule has 0 saturated heterocycles. The minimum atomic E-state index is 0.123. The zero-order valence-corrected chi connectivity index (χ0v) is 12.7. The smallest absolute Gasteiger partial charge is 0.169 e. The zero-order valence-electron chi connectivity index (χ0n) is 10.3. The first-order chi connectivity index (χ1) is 9.16. The molecule has 0 amide bonds. The van der Waals surface area contributed by atoms with Crippen molar-refractivity contribution in [2.75, 3.05) is 0 Å². The second-order valence-corrected chi connectivity index (χ2v) is 6.30. The Bertz CT molecular complexity index is 773. The molecule has 1 aromatic heterocycles. The van der Waals surface area contributed by atoms with E-state index in [0.717, 1.165) is 14.2 Å². The van der Waals surface area contributed by atoms with Crippen molar-refractivity contribution in [3.05, 3.63) is 57.9 Å². The molecule has 1 heterocycles. The van der Waals surface area contributed by atoms with Crippen LogP contribution in [0.4, 0.5) is 0 Å². The van der Waals surface area contributed by atoms with Crippen LogP contribution in [-0.2, 0) is 0 Å². The Kier molecular flexibility index (Phi) is 3.25. The van der Waals surface area contributed by atoms with Crippen LogP contribution in [0.5, 0.6) is 0 Å². The van der Waals surface area contributed by atoms with E-state index in [2.05, 4.69) is 40.2 Å². The van der Waals surface area contributed by atoms with E-state index in [1.165, 1.54) is 16.3 Å². The van der Waals surface area contributed by atoms with Crippen LogP contribution < -0.4 is 0 Å². The van der Waals surface area contributed by atoms with Crippen molar-refractivity contribution in [1.82, 2.24) is 0 Å². The highest BCUT2D eigenvalue weighted by molar-refractivity contribution is 9.10. The average Bonchev–Trinajstić information content (AvgIpc) is 2.89. The molecule has 94 valence electrons. The quantitative estimate of drug-likeness (QED) is 0.564. The topological polar surface area (TPSA) is 17.1 Å². The number of carbonyl (C=O) groups is 1. The van der Waals surface area contributed by atoms with E-state index in [0.29, 0.717) is 0 Å². The van der Waals surface area contributed by atoms with Gasteiger partial charge in [0.1, 0.15) is 0 Å². The van der Waals surface area contributed by atoms with Crippen LogP contribution in [0.25, 0.3) is 21.2 Å². The van der Waals surface area contributed by atoms with Gasteiger partial charge in [0.2, 0.25) is 0 Å². The maximum atomic E-state index is 11.4. The number of hydrogen-bond donors (Lipinski definition) is 0. The van der Waals surface area contributed by atoms with Crippen LogP contribution in [0, 0.1) is 0 Å². The highest BCUT2D eigenvalue weighted by atomic mass is 79.9. The summed E-state index contributed by atoms with van der Waals surface area (Å²) < 4.78 is 1.09. The molecule has 0 saturated carbocycles. The number of halogens is 1. The molecule has 0 bridgehead atoms. The lowest BCUT2D eigenvalue weighted by atomic mass is 10.0. The number of fused-ring (bicyclic) bond motifs is 1. The number of benzene rings is 2. The SMILES string of the molecule is CC(=O)c1ccc(-c2ccc(Br)c3ccccc23)s1. The van der Waals surface area contributed by atoms with E-state index in [4.69, 9.17) is 0 Å². The van der Waals surface area contributed by atoms with Crippen molar-refractivity contribution in [1.29, 1.82) is 0 Å². The molecule has 0 aliphatic rings. The van der Waals surface area contributed by atoms with E-state index in [9.17, 15) is 4.79 Å². The fourth-order valence-corrected chi connectivity index (χ4v) is 3.57. The van der Waals surface area contributed by atoms with Gasteiger partial charge in [0.05, 0.1) is 4.88 Å². The molecule has 19 heavy (non-hydrogen) atoms. The first-order valence-corrected chi connectivity index (χ1v) is 7.56. The number of hydrogen-bond acceptors (Lipinski definition) is 2. The standard InChI is InChI=1S/C16H11BrOS/c1-10(18)15-8-9-16(19-15)13-6-7-14(17)12-5-3-2-4-11(12)13/h2-9H,1H3. The molecule has 0 fully saturated rings. The summed E-state index contributed by atoms with van der Waals surface area (Å²) in [6.07, 6.45) is 0. The number of thiophene rings is 1. The van der Waals surface area contributed by atoms with Gasteiger partial charge in [-0.15, -0.1) is 11.3 Å². The third-order valence-corrected chi connectivity index (χ3v) is 5.00. The summed E-state index contributed by atoms with van der Waals surface area (Å²) >= 11 is 5.13. The van der Waals surface area contributed by atoms with Crippen molar-refractivity contribution in [3.8, 4) is 10.4 Å². The van der Waals surface area contributed by atoms with Crippen molar-refractivity contribution in [3.63, 3.8) is 0 Å². The molecule has 3 heteroatoms. The molecule has 0 unspecified atom stereocenters. The molecule has 0 aliphatic carbocycles. The van der Waals surface area contributed by atoms with Crippen LogP contribution in [0.3, 0.4) is 0 Å². The second-order valence-electron chi connectivity index (χ2n) is 4.36. The predicted octanol–water partition coefficient (Wildman–Crippen LogP) is 5.53. The maximum absolute atomic E-state index is 11.4. The summed E-state index contributed by atoms with van der Waals surface area (Å²) in [6.45, 7) is 1.61. The van der Waals surface area contributed by atoms with Crippen molar-refractivity contribution in [2.45, 2.75) is 6.92 Å². The predicted molar refractivity (Wildman–Crippen MR) is 85.0 cm³/mol. The third kappa shape index (κ3) is 2.24. The van der Waals surface area contributed by atoms with Crippen LogP contribution in [0.15, 0.2) is 53.0 Å². The van der Waals surface area contributed by atoms with Gasteiger partial charge in [0, 0.05) is 9.35 Å². The fraction of sp³-hybridized carbons (Fsp3) is 0.0625. The molecule has 0 atom stereocenters. The van der Waals surface area contributed by atoms with Gasteiger partial charge in [0.25, 0.3) is 0 Å². The van der Waals surface area contributed by atoms with Gasteiger partial charge in [-0.25, -0.2) is 0 Å². The molecule has 0 N–H and O–H groups in total. The van der Waals surface area contributed by atoms with Crippen LogP contribution >= 0.6 is 27.3 Å². The molecule has 2 aromatic carbocycles. The van der Waals surface area contributed by atoms with Crippen LogP contribution in [-0.4, -0.2) is 5.78 Å².